The Morgan fingerprint density at radius 3 is 2.79 bits per heavy atom. The first-order valence-corrected chi connectivity index (χ1v) is 11.0. The van der Waals surface area contributed by atoms with Crippen LogP contribution in [0.3, 0.4) is 0 Å². The molecule has 1 aromatic carbocycles. The molecule has 1 unspecified atom stereocenters. The van der Waals surface area contributed by atoms with Gasteiger partial charge in [-0.2, -0.15) is 5.10 Å². The molecule has 3 heterocycles. The van der Waals surface area contributed by atoms with Crippen molar-refractivity contribution in [2.45, 2.75) is 45.7 Å². The van der Waals surface area contributed by atoms with E-state index in [-0.39, 0.29) is 17.9 Å². The number of ether oxygens (including phenoxy) is 1. The number of nitrogens with zero attached hydrogens (tertiary/aromatic N) is 4. The summed E-state index contributed by atoms with van der Waals surface area (Å²) in [6, 6.07) is 7.31. The Hall–Kier alpha value is -3.75. The van der Waals surface area contributed by atoms with Crippen LogP contribution in [0.5, 0.6) is 5.75 Å². The average Bonchev–Trinajstić information content (AvgIpc) is 3.28. The zero-order chi connectivity index (χ0) is 23.4. The first-order valence-electron chi connectivity index (χ1n) is 11.0. The van der Waals surface area contributed by atoms with Crippen LogP contribution in [0.1, 0.15) is 68.8 Å². The zero-order valence-electron chi connectivity index (χ0n) is 19.1. The fourth-order valence-corrected chi connectivity index (χ4v) is 4.09. The molecule has 9 nitrogen and oxygen atoms in total. The maximum Gasteiger partial charge on any atom is 0.257 e. The third-order valence-corrected chi connectivity index (χ3v) is 5.95. The van der Waals surface area contributed by atoms with Crippen LogP contribution in [-0.4, -0.2) is 50.5 Å². The third-order valence-electron chi connectivity index (χ3n) is 5.95. The van der Waals surface area contributed by atoms with Gasteiger partial charge in [-0.1, -0.05) is 12.1 Å². The number of methoxy groups -OCH3 is 1. The number of amides is 2. The van der Waals surface area contributed by atoms with E-state index in [4.69, 9.17) is 4.74 Å². The Kier molecular flexibility index (Phi) is 6.67. The molecule has 0 bridgehead atoms. The molecule has 4 rings (SSSR count). The second kappa shape index (κ2) is 9.81. The number of aryl methyl sites for hydroxylation is 2. The number of benzene rings is 1. The molecule has 1 aliphatic heterocycles. The minimum Gasteiger partial charge on any atom is -0.497 e. The topological polar surface area (TPSA) is 113 Å². The number of aromatic nitrogens is 4. The molecule has 1 aliphatic rings. The van der Waals surface area contributed by atoms with E-state index in [1.54, 1.807) is 26.4 Å². The Labute approximate surface area is 192 Å². The quantitative estimate of drug-likeness (QED) is 0.599. The van der Waals surface area contributed by atoms with Gasteiger partial charge in [-0.05, 0) is 50.8 Å². The average molecular weight is 449 g/mol. The Morgan fingerprint density at radius 2 is 2.06 bits per heavy atom. The summed E-state index contributed by atoms with van der Waals surface area (Å²) in [4.78, 5) is 36.8. The Balaban J connectivity index is 1.49. The van der Waals surface area contributed by atoms with Gasteiger partial charge in [0.05, 0.1) is 36.2 Å². The molecule has 0 spiro atoms. The summed E-state index contributed by atoms with van der Waals surface area (Å²) < 4.78 is 5.23. The Morgan fingerprint density at radius 1 is 1.21 bits per heavy atom. The van der Waals surface area contributed by atoms with Crippen LogP contribution >= 0.6 is 0 Å². The molecule has 1 saturated heterocycles. The number of rotatable bonds is 6. The molecular weight excluding hydrogens is 420 g/mol. The molecule has 33 heavy (non-hydrogen) atoms. The number of hydrogen-bond acceptors (Lipinski definition) is 6. The van der Waals surface area contributed by atoms with Crippen molar-refractivity contribution >= 4 is 11.8 Å². The van der Waals surface area contributed by atoms with Crippen molar-refractivity contribution in [2.75, 3.05) is 13.7 Å². The highest BCUT2D eigenvalue weighted by Gasteiger charge is 2.32. The monoisotopic (exact) mass is 448 g/mol. The smallest absolute Gasteiger partial charge is 0.257 e. The standard InChI is InChI=1S/C24H28N6O3/c1-15-19(23(31)26-12-17-7-6-8-18(11-17)33-3)13-25-22(28-15)21-9-4-5-10-30(21)24(32)20-14-27-29-16(20)2/h6-8,11,13-14,21H,4-5,9-10,12H2,1-3H3,(H,26,31)(H,27,29). The van der Waals surface area contributed by atoms with Gasteiger partial charge >= 0.3 is 0 Å². The zero-order valence-corrected chi connectivity index (χ0v) is 19.1. The Bertz CT molecular complexity index is 1160. The molecule has 0 saturated carbocycles. The number of carbonyl (C=O) groups is 2. The van der Waals surface area contributed by atoms with Gasteiger partial charge < -0.3 is 15.0 Å². The largest absolute Gasteiger partial charge is 0.497 e. The number of carbonyl (C=O) groups excluding carboxylic acids is 2. The minimum atomic E-state index is -0.243. The summed E-state index contributed by atoms with van der Waals surface area (Å²) in [6.45, 7) is 4.63. The van der Waals surface area contributed by atoms with Crippen LogP contribution in [0.25, 0.3) is 0 Å². The normalized spacial score (nSPS) is 15.8. The highest BCUT2D eigenvalue weighted by atomic mass is 16.5. The number of piperidine rings is 1. The number of hydrogen-bond donors (Lipinski definition) is 2. The van der Waals surface area contributed by atoms with Gasteiger partial charge in [0.25, 0.3) is 11.8 Å². The molecule has 2 N–H and O–H groups in total. The van der Waals surface area contributed by atoms with E-state index in [0.717, 1.165) is 36.3 Å². The van der Waals surface area contributed by atoms with E-state index >= 15 is 0 Å². The van der Waals surface area contributed by atoms with E-state index in [0.29, 0.717) is 35.7 Å². The van der Waals surface area contributed by atoms with Gasteiger partial charge in [0.15, 0.2) is 5.82 Å². The molecule has 0 aliphatic carbocycles. The van der Waals surface area contributed by atoms with E-state index < -0.39 is 0 Å². The van der Waals surface area contributed by atoms with Gasteiger partial charge in [-0.25, -0.2) is 9.97 Å². The lowest BCUT2D eigenvalue weighted by atomic mass is 10.00. The predicted octanol–water partition coefficient (Wildman–Crippen LogP) is 3.12. The van der Waals surface area contributed by atoms with Gasteiger partial charge in [0.1, 0.15) is 5.75 Å². The molecule has 2 amide bonds. The molecule has 9 heteroatoms. The molecule has 1 atom stereocenters. The summed E-state index contributed by atoms with van der Waals surface area (Å²) >= 11 is 0. The van der Waals surface area contributed by atoms with Crippen LogP contribution < -0.4 is 10.1 Å². The summed E-state index contributed by atoms with van der Waals surface area (Å²) in [6.07, 6.45) is 5.82. The first-order chi connectivity index (χ1) is 16.0. The van der Waals surface area contributed by atoms with Crippen molar-refractivity contribution in [3.63, 3.8) is 0 Å². The number of aromatic amines is 1. The van der Waals surface area contributed by atoms with E-state index in [9.17, 15) is 9.59 Å². The minimum absolute atomic E-state index is 0.0766. The maximum absolute atomic E-state index is 13.1. The van der Waals surface area contributed by atoms with E-state index in [2.05, 4.69) is 25.5 Å². The van der Waals surface area contributed by atoms with Crippen molar-refractivity contribution in [2.24, 2.45) is 0 Å². The molecule has 3 aromatic rings. The third kappa shape index (κ3) is 4.87. The second-order valence-electron chi connectivity index (χ2n) is 8.18. The molecule has 1 fully saturated rings. The molecule has 0 radical (unpaired) electrons. The van der Waals surface area contributed by atoms with Crippen molar-refractivity contribution in [3.05, 3.63) is 70.6 Å². The lowest BCUT2D eigenvalue weighted by Gasteiger charge is -2.34. The van der Waals surface area contributed by atoms with Crippen molar-refractivity contribution in [1.82, 2.24) is 30.4 Å². The van der Waals surface area contributed by atoms with Gasteiger partial charge in [0.2, 0.25) is 0 Å². The second-order valence-corrected chi connectivity index (χ2v) is 8.18. The molecule has 172 valence electrons. The van der Waals surface area contributed by atoms with Gasteiger partial charge in [0, 0.05) is 25.0 Å². The van der Waals surface area contributed by atoms with Crippen molar-refractivity contribution < 1.29 is 14.3 Å². The van der Waals surface area contributed by atoms with Crippen LogP contribution in [0, 0.1) is 13.8 Å². The number of nitrogens with one attached hydrogen (secondary N) is 2. The van der Waals surface area contributed by atoms with Crippen LogP contribution in [0.4, 0.5) is 0 Å². The van der Waals surface area contributed by atoms with Crippen molar-refractivity contribution in [3.8, 4) is 5.75 Å². The number of H-pyrrole nitrogens is 1. The van der Waals surface area contributed by atoms with E-state index in [1.807, 2.05) is 36.1 Å². The van der Waals surface area contributed by atoms with Gasteiger partial charge in [-0.15, -0.1) is 0 Å². The van der Waals surface area contributed by atoms with Crippen LogP contribution in [0.15, 0.2) is 36.7 Å². The van der Waals surface area contributed by atoms with E-state index in [1.165, 1.54) is 0 Å². The summed E-state index contributed by atoms with van der Waals surface area (Å²) in [7, 11) is 1.61. The summed E-state index contributed by atoms with van der Waals surface area (Å²) in [5.74, 6) is 0.980. The summed E-state index contributed by atoms with van der Waals surface area (Å²) in [5.41, 5.74) is 3.24. The van der Waals surface area contributed by atoms with Gasteiger partial charge in [-0.3, -0.25) is 14.7 Å². The van der Waals surface area contributed by atoms with Crippen LogP contribution in [-0.2, 0) is 6.54 Å². The lowest BCUT2D eigenvalue weighted by molar-refractivity contribution is 0.0598. The molecular formula is C24H28N6O3. The number of likely N-dealkylation sites (tertiary alicyclic amines) is 1. The fraction of sp³-hybridized carbons (Fsp3) is 0.375. The summed E-state index contributed by atoms with van der Waals surface area (Å²) in [5, 5.41) is 9.71. The highest BCUT2D eigenvalue weighted by molar-refractivity contribution is 5.95. The fourth-order valence-electron chi connectivity index (χ4n) is 4.09. The van der Waals surface area contributed by atoms with Crippen LogP contribution in [0.2, 0.25) is 0 Å². The highest BCUT2D eigenvalue weighted by Crippen LogP contribution is 2.31. The van der Waals surface area contributed by atoms with Crippen molar-refractivity contribution in [1.29, 1.82) is 0 Å². The SMILES string of the molecule is COc1cccc(CNC(=O)c2cnc(C3CCCCN3C(=O)c3cn[nH]c3C)nc2C)c1. The molecule has 2 aromatic heterocycles. The predicted molar refractivity (Wildman–Crippen MR) is 122 cm³/mol. The lowest BCUT2D eigenvalue weighted by Crippen LogP contribution is -2.39. The first kappa shape index (κ1) is 22.4. The maximum atomic E-state index is 13.1.